The maximum Gasteiger partial charge on any atom is 0.308 e. The van der Waals surface area contributed by atoms with Crippen LogP contribution in [0.3, 0.4) is 0 Å². The van der Waals surface area contributed by atoms with Crippen LogP contribution < -0.4 is 15.4 Å². The van der Waals surface area contributed by atoms with E-state index in [1.807, 2.05) is 0 Å². The normalized spacial score (nSPS) is 29.1. The van der Waals surface area contributed by atoms with Gasteiger partial charge in [0.15, 0.2) is 24.5 Å². The van der Waals surface area contributed by atoms with Crippen LogP contribution in [0.1, 0.15) is 57.8 Å². The Labute approximate surface area is 270 Å². The van der Waals surface area contributed by atoms with Gasteiger partial charge < -0.3 is 44.2 Å². The highest BCUT2D eigenvalue weighted by molar-refractivity contribution is 6.17. The van der Waals surface area contributed by atoms with Gasteiger partial charge in [0.2, 0.25) is 5.91 Å². The molecule has 1 saturated carbocycles. The fourth-order valence-electron chi connectivity index (χ4n) is 5.47. The average Bonchev–Trinajstić information content (AvgIpc) is 2.96. The number of aliphatic hydroxyl groups is 1. The van der Waals surface area contributed by atoms with Crippen LogP contribution in [-0.4, -0.2) is 102 Å². The number of ether oxygens (including phenoxy) is 6. The first kappa shape index (κ1) is 36.7. The van der Waals surface area contributed by atoms with Gasteiger partial charge in [0, 0.05) is 45.2 Å². The van der Waals surface area contributed by atoms with Gasteiger partial charge in [0.1, 0.15) is 5.75 Å². The Hall–Kier alpha value is -3.79. The predicted octanol–water partition coefficient (Wildman–Crippen LogP) is 0.761. The molecule has 1 aliphatic heterocycles. The molecule has 254 valence electrons. The molecular formula is C30H39ClN2O13. The first-order valence-corrected chi connectivity index (χ1v) is 15.2. The number of amides is 2. The zero-order valence-electron chi connectivity index (χ0n) is 26.1. The van der Waals surface area contributed by atoms with Crippen LogP contribution in [0.4, 0.5) is 0 Å². The number of benzene rings is 1. The number of hydrogen-bond donors (Lipinski definition) is 3. The lowest BCUT2D eigenvalue weighted by Crippen LogP contribution is -2.66. The Balaban J connectivity index is 1.89. The molecule has 0 bridgehead atoms. The second-order valence-electron chi connectivity index (χ2n) is 10.9. The van der Waals surface area contributed by atoms with Crippen LogP contribution in [0.2, 0.25) is 0 Å². The molecule has 2 aliphatic rings. The molecule has 3 N–H and O–H groups in total. The molecular weight excluding hydrogens is 632 g/mol. The van der Waals surface area contributed by atoms with Crippen molar-refractivity contribution < 1.29 is 62.3 Å². The van der Waals surface area contributed by atoms with Gasteiger partial charge in [0.25, 0.3) is 5.91 Å². The summed E-state index contributed by atoms with van der Waals surface area (Å²) in [7, 11) is 0. The summed E-state index contributed by atoms with van der Waals surface area (Å²) in [6.07, 6.45) is -8.29. The van der Waals surface area contributed by atoms with Crippen LogP contribution in [0.5, 0.6) is 5.75 Å². The van der Waals surface area contributed by atoms with Crippen molar-refractivity contribution in [2.45, 2.75) is 96.4 Å². The fourth-order valence-corrected chi connectivity index (χ4v) is 5.56. The lowest BCUT2D eigenvalue weighted by Gasteiger charge is -2.44. The molecule has 46 heavy (non-hydrogen) atoms. The minimum Gasteiger partial charge on any atom is -0.456 e. The number of alkyl halides is 1. The maximum atomic E-state index is 13.9. The molecule has 0 spiro atoms. The van der Waals surface area contributed by atoms with Crippen molar-refractivity contribution in [1.29, 1.82) is 0 Å². The highest BCUT2D eigenvalue weighted by Gasteiger charge is 2.52. The van der Waals surface area contributed by atoms with Gasteiger partial charge in [-0.2, -0.15) is 0 Å². The zero-order valence-corrected chi connectivity index (χ0v) is 26.8. The van der Waals surface area contributed by atoms with Crippen LogP contribution in [0.15, 0.2) is 24.3 Å². The van der Waals surface area contributed by atoms with Crippen molar-refractivity contribution in [2.75, 3.05) is 12.5 Å². The van der Waals surface area contributed by atoms with Gasteiger partial charge >= 0.3 is 23.9 Å². The molecule has 0 radical (unpaired) electrons. The monoisotopic (exact) mass is 670 g/mol. The number of hydrogen-bond acceptors (Lipinski definition) is 13. The molecule has 9 atom stereocenters. The van der Waals surface area contributed by atoms with Gasteiger partial charge in [-0.25, -0.2) is 0 Å². The second kappa shape index (κ2) is 16.7. The van der Waals surface area contributed by atoms with Crippen LogP contribution in [0.25, 0.3) is 0 Å². The maximum absolute atomic E-state index is 13.9. The molecule has 1 aromatic rings. The largest absolute Gasteiger partial charge is 0.456 e. The summed E-state index contributed by atoms with van der Waals surface area (Å²) in [6.45, 7) is 6.21. The molecule has 3 rings (SSSR count). The molecule has 15 nitrogen and oxygen atoms in total. The Kier molecular flexibility index (Phi) is 13.3. The van der Waals surface area contributed by atoms with Gasteiger partial charge in [-0.15, -0.1) is 11.6 Å². The molecule has 1 saturated heterocycles. The predicted molar refractivity (Wildman–Crippen MR) is 157 cm³/mol. The van der Waals surface area contributed by atoms with Crippen LogP contribution in [0, 0.1) is 5.92 Å². The zero-order chi connectivity index (χ0) is 34.1. The lowest BCUT2D eigenvalue weighted by atomic mass is 9.80. The van der Waals surface area contributed by atoms with Gasteiger partial charge in [0.05, 0.1) is 30.8 Å². The van der Waals surface area contributed by atoms with E-state index in [0.29, 0.717) is 0 Å². The summed E-state index contributed by atoms with van der Waals surface area (Å²) in [4.78, 5) is 74.4. The number of halogens is 1. The third-order valence-corrected chi connectivity index (χ3v) is 7.43. The van der Waals surface area contributed by atoms with Crippen molar-refractivity contribution in [1.82, 2.24) is 10.6 Å². The summed E-state index contributed by atoms with van der Waals surface area (Å²) in [5, 5.41) is 16.3. The smallest absolute Gasteiger partial charge is 0.308 e. The van der Waals surface area contributed by atoms with E-state index in [1.54, 1.807) is 0 Å². The number of carbonyl (C=O) groups is 6. The van der Waals surface area contributed by atoms with Crippen molar-refractivity contribution in [2.24, 2.45) is 5.92 Å². The van der Waals surface area contributed by atoms with E-state index in [0.717, 1.165) is 20.8 Å². The number of rotatable bonds is 11. The molecule has 0 unspecified atom stereocenters. The molecule has 16 heteroatoms. The summed E-state index contributed by atoms with van der Waals surface area (Å²) >= 11 is 5.77. The van der Waals surface area contributed by atoms with Gasteiger partial charge in [-0.05, 0) is 38.0 Å². The van der Waals surface area contributed by atoms with Crippen LogP contribution in [-0.2, 0) is 47.7 Å². The van der Waals surface area contributed by atoms with Gasteiger partial charge in [-0.1, -0.05) is 6.07 Å². The Morgan fingerprint density at radius 3 is 2.13 bits per heavy atom. The molecule has 1 heterocycles. The Morgan fingerprint density at radius 1 is 0.891 bits per heavy atom. The second-order valence-corrected chi connectivity index (χ2v) is 11.3. The molecule has 2 amide bonds. The minimum atomic E-state index is -1.43. The van der Waals surface area contributed by atoms with E-state index in [9.17, 15) is 33.9 Å². The van der Waals surface area contributed by atoms with Crippen molar-refractivity contribution in [3.8, 4) is 5.75 Å². The van der Waals surface area contributed by atoms with E-state index < -0.39 is 90.5 Å². The Bertz CT molecular complexity index is 1290. The Morgan fingerprint density at radius 2 is 1.52 bits per heavy atom. The summed E-state index contributed by atoms with van der Waals surface area (Å²) in [6, 6.07) is 4.99. The molecule has 1 aliphatic carbocycles. The summed E-state index contributed by atoms with van der Waals surface area (Å²) in [5.74, 6) is -4.89. The number of carbonyl (C=O) groups excluding carboxylic acids is 6. The average molecular weight is 671 g/mol. The molecule has 1 aromatic carbocycles. The number of aliphatic hydroxyl groups excluding tert-OH is 1. The lowest BCUT2D eigenvalue weighted by molar-refractivity contribution is -0.248. The summed E-state index contributed by atoms with van der Waals surface area (Å²) < 4.78 is 32.8. The fraction of sp³-hybridized carbons (Fsp3) is 0.600. The number of nitrogens with one attached hydrogen (secondary N) is 2. The highest BCUT2D eigenvalue weighted by Crippen LogP contribution is 2.31. The molecule has 0 aromatic heterocycles. The van der Waals surface area contributed by atoms with Gasteiger partial charge in [-0.3, -0.25) is 28.8 Å². The molecule has 2 fully saturated rings. The van der Waals surface area contributed by atoms with E-state index >= 15 is 0 Å². The third-order valence-electron chi connectivity index (χ3n) is 7.28. The summed E-state index contributed by atoms with van der Waals surface area (Å²) in [5.41, 5.74) is 0.141. The first-order chi connectivity index (χ1) is 21.7. The topological polar surface area (TPSA) is 202 Å². The van der Waals surface area contributed by atoms with E-state index in [2.05, 4.69) is 10.6 Å². The third kappa shape index (κ3) is 10.1. The van der Waals surface area contributed by atoms with E-state index in [4.69, 9.17) is 40.0 Å². The number of esters is 4. The van der Waals surface area contributed by atoms with Crippen LogP contribution >= 0.6 is 11.6 Å². The first-order valence-electron chi connectivity index (χ1n) is 14.6. The minimum absolute atomic E-state index is 0.0193. The SMILES string of the molecule is CC(=O)Oc1cccc(C(=O)N[C@H]2C[C@H](OCCCl)[C@@H](O)C[C@H]2C(=O)N[C@@H]2O[C@@H](C)[C@@H](OC(C)=O)[C@@H](OC(C)=O)[C@@H]2OC(C)=O)c1. The highest BCUT2D eigenvalue weighted by atomic mass is 35.5. The quantitative estimate of drug-likeness (QED) is 0.129. The van der Waals surface area contributed by atoms with E-state index in [-0.39, 0.29) is 36.6 Å². The van der Waals surface area contributed by atoms with Crippen molar-refractivity contribution >= 4 is 47.3 Å². The van der Waals surface area contributed by atoms with Crippen molar-refractivity contribution in [3.05, 3.63) is 29.8 Å². The standard InChI is InChI=1S/C30H39ClN2O13/c1-14-25(44-16(3)35)26(45-17(4)36)27(46-18(5)37)30(42-14)33-29(40)21-12-23(38)24(41-10-9-31)13-22(21)32-28(39)19-7-6-8-20(11-19)43-15(2)34/h6-8,11,14,21-27,30,38H,9-10,12-13H2,1-5H3,(H,32,39)(H,33,40)/t14-,21+,22-,23-,24-,25+,26+,27-,30+/m0/s1. The van der Waals surface area contributed by atoms with Crippen molar-refractivity contribution in [3.63, 3.8) is 0 Å². The van der Waals surface area contributed by atoms with E-state index in [1.165, 1.54) is 38.1 Å².